The Morgan fingerprint density at radius 2 is 2.00 bits per heavy atom. The number of nitrogens with one attached hydrogen (secondary N) is 1. The molecule has 3 heterocycles. The SMILES string of the molecule is COC1=NC(c2nnc(NS(=O)(=O)C[C@@H](O)c3ccc(F)cn3)n2-c2c(O)cccc2OC)=C=C=C1. The topological polar surface area (TPSA) is 161 Å². The Morgan fingerprint density at radius 3 is 2.69 bits per heavy atom. The van der Waals surface area contributed by atoms with Crippen LogP contribution < -0.4 is 9.46 Å². The molecule has 1 aliphatic rings. The van der Waals surface area contributed by atoms with Crippen molar-refractivity contribution < 1.29 is 32.5 Å². The van der Waals surface area contributed by atoms with Gasteiger partial charge in [-0.25, -0.2) is 17.8 Å². The minimum Gasteiger partial charge on any atom is -0.506 e. The fraction of sp³-hybridized carbons (Fsp3) is 0.182. The maximum Gasteiger partial charge on any atom is 0.243 e. The highest BCUT2D eigenvalue weighted by atomic mass is 32.2. The van der Waals surface area contributed by atoms with Gasteiger partial charge in [-0.1, -0.05) is 11.8 Å². The van der Waals surface area contributed by atoms with Gasteiger partial charge in [0.1, 0.15) is 34.9 Å². The summed E-state index contributed by atoms with van der Waals surface area (Å²) in [6.07, 6.45) is 0.724. The van der Waals surface area contributed by atoms with Gasteiger partial charge in [-0.3, -0.25) is 14.3 Å². The summed E-state index contributed by atoms with van der Waals surface area (Å²) in [5.74, 6) is -1.77. The lowest BCUT2D eigenvalue weighted by molar-refractivity contribution is 0.196. The first-order valence-corrected chi connectivity index (χ1v) is 11.8. The van der Waals surface area contributed by atoms with Gasteiger partial charge < -0.3 is 19.7 Å². The van der Waals surface area contributed by atoms with Crippen molar-refractivity contribution in [1.82, 2.24) is 19.7 Å². The number of aliphatic imine (C=N–C) groups is 1. The maximum atomic E-state index is 13.1. The van der Waals surface area contributed by atoms with Crippen molar-refractivity contribution in [2.45, 2.75) is 6.10 Å². The van der Waals surface area contributed by atoms with Gasteiger partial charge in [0.25, 0.3) is 0 Å². The number of ether oxygens (including phenoxy) is 2. The molecule has 1 aromatic carbocycles. The average Bonchev–Trinajstić information content (AvgIpc) is 3.26. The van der Waals surface area contributed by atoms with Crippen molar-refractivity contribution >= 4 is 27.6 Å². The highest BCUT2D eigenvalue weighted by Crippen LogP contribution is 2.36. The van der Waals surface area contributed by atoms with Crippen LogP contribution >= 0.6 is 0 Å². The van der Waals surface area contributed by atoms with E-state index < -0.39 is 27.7 Å². The van der Waals surface area contributed by atoms with Crippen LogP contribution in [0.3, 0.4) is 0 Å². The summed E-state index contributed by atoms with van der Waals surface area (Å²) in [6.45, 7) is 0. The number of para-hydroxylation sites is 1. The molecule has 0 saturated carbocycles. The van der Waals surface area contributed by atoms with Crippen LogP contribution in [0.5, 0.6) is 11.5 Å². The number of aromatic nitrogens is 4. The van der Waals surface area contributed by atoms with E-state index in [1.54, 1.807) is 0 Å². The second-order valence-corrected chi connectivity index (χ2v) is 8.99. The van der Waals surface area contributed by atoms with Crippen molar-refractivity contribution in [1.29, 1.82) is 0 Å². The van der Waals surface area contributed by atoms with E-state index in [1.165, 1.54) is 49.1 Å². The molecule has 0 amide bonds. The standard InChI is InChI=1S/C22H19FN6O6S/c1-34-18-7-4-6-16(30)20(18)29-21(15-5-3-8-19(25-15)35-2)26-27-22(29)28-36(32,33)12-17(31)14-10-9-13(23)11-24-14/h4,6-11,17,30-31H,12H2,1-2H3,(H,27,28)/t17-/m1/s1. The number of pyridine rings is 1. The number of hydrogen-bond acceptors (Lipinski definition) is 10. The molecule has 1 atom stereocenters. The Bertz CT molecular complexity index is 1540. The number of aromatic hydroxyl groups is 1. The molecule has 0 unspecified atom stereocenters. The first-order valence-electron chi connectivity index (χ1n) is 10.2. The van der Waals surface area contributed by atoms with E-state index in [9.17, 15) is 23.0 Å². The number of phenolic OH excluding ortho intramolecular Hbond substituents is 1. The third-order valence-corrected chi connectivity index (χ3v) is 6.08. The van der Waals surface area contributed by atoms with E-state index in [1.807, 2.05) is 0 Å². The van der Waals surface area contributed by atoms with E-state index in [2.05, 4.69) is 36.4 Å². The third-order valence-electron chi connectivity index (χ3n) is 4.83. The first-order chi connectivity index (χ1) is 17.2. The molecule has 0 bridgehead atoms. The highest BCUT2D eigenvalue weighted by Gasteiger charge is 2.28. The fourth-order valence-corrected chi connectivity index (χ4v) is 4.30. The van der Waals surface area contributed by atoms with Gasteiger partial charge >= 0.3 is 0 Å². The predicted octanol–water partition coefficient (Wildman–Crippen LogP) is 1.70. The van der Waals surface area contributed by atoms with Gasteiger partial charge in [0.15, 0.2) is 11.5 Å². The smallest absolute Gasteiger partial charge is 0.243 e. The van der Waals surface area contributed by atoms with E-state index in [4.69, 9.17) is 9.47 Å². The van der Waals surface area contributed by atoms with Crippen LogP contribution in [0.15, 0.2) is 59.1 Å². The van der Waals surface area contributed by atoms with Crippen molar-refractivity contribution in [3.63, 3.8) is 0 Å². The molecule has 36 heavy (non-hydrogen) atoms. The van der Waals surface area contributed by atoms with Crippen LogP contribution in [0.25, 0.3) is 11.4 Å². The van der Waals surface area contributed by atoms with Crippen LogP contribution in [-0.4, -0.2) is 64.2 Å². The molecule has 0 radical (unpaired) electrons. The van der Waals surface area contributed by atoms with Gasteiger partial charge in [0.2, 0.25) is 21.9 Å². The van der Waals surface area contributed by atoms with Gasteiger partial charge in [0.05, 0.1) is 32.2 Å². The number of aliphatic hydroxyl groups excluding tert-OH is 1. The summed E-state index contributed by atoms with van der Waals surface area (Å²) in [5, 5.41) is 28.9. The number of halogens is 1. The Hall–Kier alpha value is -4.48. The number of anilines is 1. The molecule has 2 aromatic heterocycles. The molecule has 3 N–H and O–H groups in total. The monoisotopic (exact) mass is 514 g/mol. The lowest BCUT2D eigenvalue weighted by atomic mass is 10.2. The van der Waals surface area contributed by atoms with Crippen LogP contribution in [0.2, 0.25) is 0 Å². The Labute approximate surface area is 204 Å². The van der Waals surface area contributed by atoms with E-state index in [0.717, 1.165) is 12.3 Å². The molecule has 0 aliphatic carbocycles. The third kappa shape index (κ3) is 5.11. The number of sulfonamides is 1. The summed E-state index contributed by atoms with van der Waals surface area (Å²) in [7, 11) is -1.52. The van der Waals surface area contributed by atoms with E-state index >= 15 is 0 Å². The molecule has 12 nitrogen and oxygen atoms in total. The summed E-state index contributed by atoms with van der Waals surface area (Å²) < 4.78 is 52.8. The average molecular weight is 514 g/mol. The van der Waals surface area contributed by atoms with Crippen molar-refractivity contribution in [2.75, 3.05) is 24.7 Å². The molecule has 14 heteroatoms. The highest BCUT2D eigenvalue weighted by molar-refractivity contribution is 7.92. The molecule has 186 valence electrons. The normalized spacial score (nSPS) is 13.7. The van der Waals surface area contributed by atoms with Crippen molar-refractivity contribution in [2.24, 2.45) is 4.99 Å². The molecule has 0 fully saturated rings. The van der Waals surface area contributed by atoms with Crippen molar-refractivity contribution in [3.8, 4) is 17.2 Å². The lowest BCUT2D eigenvalue weighted by Gasteiger charge is -2.17. The number of benzene rings is 1. The number of rotatable bonds is 8. The summed E-state index contributed by atoms with van der Waals surface area (Å²) in [6, 6.07) is 6.65. The Morgan fingerprint density at radius 1 is 1.19 bits per heavy atom. The van der Waals surface area contributed by atoms with Gasteiger partial charge in [-0.15, -0.1) is 10.2 Å². The summed E-state index contributed by atoms with van der Waals surface area (Å²) in [5.41, 5.74) is 5.50. The summed E-state index contributed by atoms with van der Waals surface area (Å²) >= 11 is 0. The number of aliphatic hydroxyl groups is 1. The van der Waals surface area contributed by atoms with Gasteiger partial charge in [-0.2, -0.15) is 0 Å². The second-order valence-electron chi connectivity index (χ2n) is 7.23. The van der Waals surface area contributed by atoms with Crippen LogP contribution in [0.4, 0.5) is 10.3 Å². The van der Waals surface area contributed by atoms with Crippen LogP contribution in [0, 0.1) is 5.82 Å². The fourth-order valence-electron chi connectivity index (χ4n) is 3.22. The molecule has 1 aliphatic heterocycles. The van der Waals surface area contributed by atoms with Gasteiger partial charge in [-0.05, 0) is 30.0 Å². The molecule has 0 spiro atoms. The van der Waals surface area contributed by atoms with E-state index in [-0.39, 0.29) is 46.2 Å². The molecule has 0 saturated heterocycles. The lowest BCUT2D eigenvalue weighted by Crippen LogP contribution is -2.24. The largest absolute Gasteiger partial charge is 0.506 e. The van der Waals surface area contributed by atoms with Crippen LogP contribution in [-0.2, 0) is 14.8 Å². The second kappa shape index (κ2) is 10.0. The van der Waals surface area contributed by atoms with Crippen LogP contribution in [0.1, 0.15) is 17.6 Å². The zero-order valence-corrected chi connectivity index (χ0v) is 19.7. The van der Waals surface area contributed by atoms with E-state index in [0.29, 0.717) is 0 Å². The molecule has 3 aromatic rings. The number of methoxy groups -OCH3 is 2. The number of phenols is 1. The quantitative estimate of drug-likeness (QED) is 0.380. The molecular weight excluding hydrogens is 495 g/mol. The van der Waals surface area contributed by atoms with Crippen molar-refractivity contribution in [3.05, 3.63) is 71.4 Å². The minimum atomic E-state index is -4.28. The predicted molar refractivity (Wildman–Crippen MR) is 126 cm³/mol. The zero-order valence-electron chi connectivity index (χ0n) is 18.9. The maximum absolute atomic E-state index is 13.1. The molecular formula is C22H19FN6O6S. The zero-order chi connectivity index (χ0) is 25.9. The minimum absolute atomic E-state index is 0.0106. The molecule has 4 rings (SSSR count). The number of nitrogens with zero attached hydrogens (tertiary/aromatic N) is 5. The Balaban J connectivity index is 1.78. The Kier molecular flexibility index (Phi) is 6.86. The first kappa shape index (κ1) is 24.6. The number of hydrogen-bond donors (Lipinski definition) is 3. The van der Waals surface area contributed by atoms with Gasteiger partial charge in [0, 0.05) is 0 Å². The summed E-state index contributed by atoms with van der Waals surface area (Å²) in [4.78, 5) is 7.93.